The SMILES string of the molecule is Fc1c(Br)cc(Br)c(F)c1CBr. The summed E-state index contributed by atoms with van der Waals surface area (Å²) in [5, 5.41) is 0.155. The molecule has 0 saturated heterocycles. The molecule has 1 aromatic carbocycles. The quantitative estimate of drug-likeness (QED) is 0.512. The predicted octanol–water partition coefficient (Wildman–Crippen LogP) is 4.38. The molecule has 1 aromatic rings. The molecule has 1 rings (SSSR count). The molecule has 0 unspecified atom stereocenters. The Kier molecular flexibility index (Phi) is 3.67. The number of hydrogen-bond donors (Lipinski definition) is 0. The van der Waals surface area contributed by atoms with Gasteiger partial charge in [0.2, 0.25) is 0 Å². The van der Waals surface area contributed by atoms with Crippen LogP contribution >= 0.6 is 47.8 Å². The molecule has 0 nitrogen and oxygen atoms in total. The molecule has 0 bridgehead atoms. The Balaban J connectivity index is 3.42. The van der Waals surface area contributed by atoms with E-state index in [9.17, 15) is 8.78 Å². The molecule has 0 aliphatic rings. The summed E-state index contributed by atoms with van der Waals surface area (Å²) in [5.41, 5.74) is 0.0243. The minimum absolute atomic E-state index is 0.0243. The van der Waals surface area contributed by atoms with Gasteiger partial charge in [0.1, 0.15) is 11.6 Å². The second-order valence-electron chi connectivity index (χ2n) is 2.08. The molecule has 0 fully saturated rings. The minimum atomic E-state index is -0.562. The van der Waals surface area contributed by atoms with Crippen LogP contribution in [0, 0.1) is 11.6 Å². The molecular weight excluding hydrogens is 362 g/mol. The van der Waals surface area contributed by atoms with Crippen molar-refractivity contribution in [1.82, 2.24) is 0 Å². The topological polar surface area (TPSA) is 0 Å². The molecule has 0 saturated carbocycles. The van der Waals surface area contributed by atoms with Crippen molar-refractivity contribution in [2.24, 2.45) is 0 Å². The Morgan fingerprint density at radius 2 is 1.50 bits per heavy atom. The van der Waals surface area contributed by atoms with Gasteiger partial charge in [-0.05, 0) is 37.9 Å². The normalized spacial score (nSPS) is 10.4. The van der Waals surface area contributed by atoms with Gasteiger partial charge in [-0.1, -0.05) is 15.9 Å². The van der Waals surface area contributed by atoms with Gasteiger partial charge in [-0.2, -0.15) is 0 Å². The largest absolute Gasteiger partial charge is 0.205 e. The van der Waals surface area contributed by atoms with E-state index in [1.165, 1.54) is 6.07 Å². The fourth-order valence-electron chi connectivity index (χ4n) is 0.740. The fourth-order valence-corrected chi connectivity index (χ4v) is 2.48. The maximum atomic E-state index is 13.1. The van der Waals surface area contributed by atoms with Crippen LogP contribution in [0.1, 0.15) is 5.56 Å². The van der Waals surface area contributed by atoms with Crippen molar-refractivity contribution in [3.8, 4) is 0 Å². The average molecular weight is 365 g/mol. The molecule has 0 amide bonds. The lowest BCUT2D eigenvalue weighted by Gasteiger charge is -2.04. The zero-order chi connectivity index (χ0) is 9.30. The van der Waals surface area contributed by atoms with Crippen LogP contribution < -0.4 is 0 Å². The Hall–Kier alpha value is 0.520. The molecule has 0 heterocycles. The van der Waals surface area contributed by atoms with Crippen LogP contribution in [0.3, 0.4) is 0 Å². The molecule has 12 heavy (non-hydrogen) atoms. The van der Waals surface area contributed by atoms with Crippen LogP contribution in [0.4, 0.5) is 8.78 Å². The second kappa shape index (κ2) is 4.15. The summed E-state index contributed by atoms with van der Waals surface area (Å²) in [4.78, 5) is 0. The highest BCUT2D eigenvalue weighted by atomic mass is 79.9. The first-order valence-corrected chi connectivity index (χ1v) is 5.66. The first-order chi connectivity index (χ1) is 5.57. The number of benzene rings is 1. The van der Waals surface area contributed by atoms with Crippen molar-refractivity contribution in [2.45, 2.75) is 5.33 Å². The van der Waals surface area contributed by atoms with Crippen LogP contribution in [0.5, 0.6) is 0 Å². The number of hydrogen-bond acceptors (Lipinski definition) is 0. The highest BCUT2D eigenvalue weighted by Crippen LogP contribution is 2.29. The molecule has 0 aromatic heterocycles. The monoisotopic (exact) mass is 362 g/mol. The maximum Gasteiger partial charge on any atom is 0.144 e. The Labute approximate surface area is 93.7 Å². The van der Waals surface area contributed by atoms with E-state index in [2.05, 4.69) is 47.8 Å². The maximum absolute atomic E-state index is 13.1. The van der Waals surface area contributed by atoms with E-state index in [0.29, 0.717) is 0 Å². The van der Waals surface area contributed by atoms with Gasteiger partial charge in [0.05, 0.1) is 8.95 Å². The minimum Gasteiger partial charge on any atom is -0.205 e. The van der Waals surface area contributed by atoms with Crippen molar-refractivity contribution in [1.29, 1.82) is 0 Å². The summed E-state index contributed by atoms with van der Waals surface area (Å²) in [6.45, 7) is 0. The molecule has 0 aliphatic carbocycles. The van der Waals surface area contributed by atoms with Crippen molar-refractivity contribution in [2.75, 3.05) is 0 Å². The average Bonchev–Trinajstić information content (AvgIpc) is 2.02. The molecular formula is C7H3Br3F2. The van der Waals surface area contributed by atoms with Crippen molar-refractivity contribution >= 4 is 47.8 Å². The van der Waals surface area contributed by atoms with Crippen LogP contribution in [0.25, 0.3) is 0 Å². The van der Waals surface area contributed by atoms with E-state index in [1.807, 2.05) is 0 Å². The van der Waals surface area contributed by atoms with Crippen LogP contribution in [-0.2, 0) is 5.33 Å². The molecule has 0 N–H and O–H groups in total. The summed E-state index contributed by atoms with van der Waals surface area (Å²) < 4.78 is 26.7. The molecule has 5 heteroatoms. The van der Waals surface area contributed by atoms with E-state index < -0.39 is 11.6 Å². The third kappa shape index (κ3) is 1.88. The molecule has 0 spiro atoms. The highest BCUT2D eigenvalue weighted by Gasteiger charge is 2.14. The van der Waals surface area contributed by atoms with Crippen LogP contribution in [0.15, 0.2) is 15.0 Å². The Morgan fingerprint density at radius 1 is 1.08 bits per heavy atom. The van der Waals surface area contributed by atoms with Crippen LogP contribution in [-0.4, -0.2) is 0 Å². The standard InChI is InChI=1S/C7H3Br3F2/c8-2-3-6(11)4(9)1-5(10)7(3)12/h1H,2H2. The van der Waals surface area contributed by atoms with Crippen molar-refractivity contribution in [3.05, 3.63) is 32.2 Å². The van der Waals surface area contributed by atoms with Crippen molar-refractivity contribution in [3.63, 3.8) is 0 Å². The van der Waals surface area contributed by atoms with Crippen LogP contribution in [0.2, 0.25) is 0 Å². The van der Waals surface area contributed by atoms with Gasteiger partial charge >= 0.3 is 0 Å². The Morgan fingerprint density at radius 3 is 1.83 bits per heavy atom. The van der Waals surface area contributed by atoms with Crippen molar-refractivity contribution < 1.29 is 8.78 Å². The second-order valence-corrected chi connectivity index (χ2v) is 4.35. The summed E-state index contributed by atoms with van der Waals surface area (Å²) in [7, 11) is 0. The predicted molar refractivity (Wildman–Crippen MR) is 54.4 cm³/mol. The summed E-state index contributed by atoms with van der Waals surface area (Å²) >= 11 is 8.96. The van der Waals surface area contributed by atoms with Gasteiger partial charge in [-0.3, -0.25) is 0 Å². The van der Waals surface area contributed by atoms with Gasteiger partial charge in [0.25, 0.3) is 0 Å². The third-order valence-corrected chi connectivity index (χ3v) is 3.05. The Bertz CT molecular complexity index is 286. The smallest absolute Gasteiger partial charge is 0.144 e. The van der Waals surface area contributed by atoms with E-state index in [-0.39, 0.29) is 19.8 Å². The first kappa shape index (κ1) is 10.6. The van der Waals surface area contributed by atoms with E-state index in [4.69, 9.17) is 0 Å². The third-order valence-electron chi connectivity index (χ3n) is 1.34. The number of halogens is 5. The molecule has 0 atom stereocenters. The number of rotatable bonds is 1. The van der Waals surface area contributed by atoms with Gasteiger partial charge in [-0.25, -0.2) is 8.78 Å². The van der Waals surface area contributed by atoms with Gasteiger partial charge in [0.15, 0.2) is 0 Å². The lowest BCUT2D eigenvalue weighted by Crippen LogP contribution is -1.94. The summed E-state index contributed by atoms with van der Waals surface area (Å²) in [6, 6.07) is 1.34. The highest BCUT2D eigenvalue weighted by molar-refractivity contribution is 9.11. The lowest BCUT2D eigenvalue weighted by molar-refractivity contribution is 0.558. The first-order valence-electron chi connectivity index (χ1n) is 2.95. The molecule has 0 aliphatic heterocycles. The molecule has 66 valence electrons. The van der Waals surface area contributed by atoms with Gasteiger partial charge in [-0.15, -0.1) is 0 Å². The zero-order valence-corrected chi connectivity index (χ0v) is 10.4. The van der Waals surface area contributed by atoms with E-state index in [0.717, 1.165) is 0 Å². The van der Waals surface area contributed by atoms with E-state index in [1.54, 1.807) is 0 Å². The fraction of sp³-hybridized carbons (Fsp3) is 0.143. The molecule has 0 radical (unpaired) electrons. The lowest BCUT2D eigenvalue weighted by atomic mass is 10.2. The zero-order valence-electron chi connectivity index (χ0n) is 5.67. The van der Waals surface area contributed by atoms with Gasteiger partial charge in [0, 0.05) is 10.9 Å². The van der Waals surface area contributed by atoms with E-state index >= 15 is 0 Å². The van der Waals surface area contributed by atoms with Gasteiger partial charge < -0.3 is 0 Å². The number of alkyl halides is 1. The summed E-state index contributed by atoms with van der Waals surface area (Å²) in [5.74, 6) is -1.12. The summed E-state index contributed by atoms with van der Waals surface area (Å²) in [6.07, 6.45) is 0.